The highest BCUT2D eigenvalue weighted by Crippen LogP contribution is 2.59. The lowest BCUT2D eigenvalue weighted by molar-refractivity contribution is -0.158. The molecule has 50 heavy (non-hydrogen) atoms. The number of aromatic nitrogens is 1. The van der Waals surface area contributed by atoms with Crippen molar-refractivity contribution >= 4 is 29.3 Å². The number of aliphatic hydroxyl groups is 1. The first-order valence-corrected chi connectivity index (χ1v) is 17.5. The average molecular weight is 687 g/mol. The van der Waals surface area contributed by atoms with Gasteiger partial charge in [-0.15, -0.1) is 0 Å². The number of ether oxygens (including phenoxy) is 2. The van der Waals surface area contributed by atoms with Crippen LogP contribution in [0.3, 0.4) is 0 Å². The second kappa shape index (κ2) is 15.7. The van der Waals surface area contributed by atoms with Crippen molar-refractivity contribution in [3.8, 4) is 0 Å². The van der Waals surface area contributed by atoms with E-state index in [9.17, 15) is 19.5 Å². The Morgan fingerprint density at radius 2 is 1.94 bits per heavy atom. The van der Waals surface area contributed by atoms with Crippen molar-refractivity contribution in [2.24, 2.45) is 22.6 Å². The van der Waals surface area contributed by atoms with Gasteiger partial charge in [0.05, 0.1) is 6.04 Å². The lowest BCUT2D eigenvalue weighted by Gasteiger charge is -2.37. The summed E-state index contributed by atoms with van der Waals surface area (Å²) in [6, 6.07) is 9.69. The fourth-order valence-corrected chi connectivity index (χ4v) is 7.44. The second-order valence-corrected chi connectivity index (χ2v) is 13.4. The molecule has 1 aromatic heterocycles. The number of epoxide rings is 1. The summed E-state index contributed by atoms with van der Waals surface area (Å²) in [6.07, 6.45) is 10.1. The van der Waals surface area contributed by atoms with Crippen LogP contribution < -0.4 is 22.1 Å². The van der Waals surface area contributed by atoms with E-state index in [2.05, 4.69) is 39.7 Å². The maximum atomic E-state index is 14.5. The molecule has 0 radical (unpaired) electrons. The number of carbonyl (C=O) groups is 3. The Kier molecular flexibility index (Phi) is 11.5. The molecule has 0 bridgehead atoms. The van der Waals surface area contributed by atoms with E-state index in [0.717, 1.165) is 30.5 Å². The van der Waals surface area contributed by atoms with Crippen molar-refractivity contribution in [1.29, 1.82) is 0 Å². The number of allylic oxidation sites excluding steroid dienone is 1. The molecule has 0 amide bonds. The minimum atomic E-state index is -2.12. The normalized spacial score (nSPS) is 27.3. The standard InChI is InChI=1S/C38H50N6O6/c1-5-24-13-14-29(42-6-2)28(21-24)31(12-9-19-45)49-35(48)38-34(47)27-11-8-7-10-26(27)33(46)37(38,50-38)17-15-23(3)20-30(44-36(40)41-4)25-16-18-43-32(39)22-25/h7-8,10-11,13-16,18,22,24,28-31,42,45H,5-6,9,12,17,19-21H2,1-4H3,(H2,39,43)(H3,40,41,44). The molecular formula is C38H50N6O6. The first kappa shape index (κ1) is 36.9. The Hall–Kier alpha value is -4.39. The molecule has 2 aliphatic carbocycles. The lowest BCUT2D eigenvalue weighted by atomic mass is 9.72. The number of ketones is 2. The van der Waals surface area contributed by atoms with Crippen LogP contribution in [0.5, 0.6) is 0 Å². The smallest absolute Gasteiger partial charge is 0.350 e. The number of nitrogens with one attached hydrogen (secondary N) is 2. The zero-order valence-corrected chi connectivity index (χ0v) is 29.4. The van der Waals surface area contributed by atoms with Crippen molar-refractivity contribution < 1.29 is 29.0 Å². The van der Waals surface area contributed by atoms with E-state index in [4.69, 9.17) is 20.9 Å². The van der Waals surface area contributed by atoms with Crippen molar-refractivity contribution in [2.75, 3.05) is 25.9 Å². The number of aliphatic hydroxyl groups excluding tert-OH is 1. The monoisotopic (exact) mass is 686 g/mol. The summed E-state index contributed by atoms with van der Waals surface area (Å²) in [7, 11) is 1.58. The van der Waals surface area contributed by atoms with Gasteiger partial charge in [-0.25, -0.2) is 9.78 Å². The molecule has 1 aliphatic heterocycles. The first-order valence-electron chi connectivity index (χ1n) is 17.5. The fraction of sp³-hybridized carbons (Fsp3) is 0.500. The summed E-state index contributed by atoms with van der Waals surface area (Å²) in [5, 5.41) is 16.4. The summed E-state index contributed by atoms with van der Waals surface area (Å²) in [5.41, 5.74) is 10.2. The molecule has 7 unspecified atom stereocenters. The van der Waals surface area contributed by atoms with E-state index in [0.29, 0.717) is 31.0 Å². The number of Topliss-reactive ketones (excluding diaryl/α,β-unsaturated/α-hetero) is 2. The summed E-state index contributed by atoms with van der Waals surface area (Å²) < 4.78 is 12.5. The van der Waals surface area contributed by atoms with E-state index in [-0.39, 0.29) is 48.1 Å². The van der Waals surface area contributed by atoms with Gasteiger partial charge in [0.2, 0.25) is 5.78 Å². The number of pyridine rings is 1. The van der Waals surface area contributed by atoms with Gasteiger partial charge < -0.3 is 36.7 Å². The van der Waals surface area contributed by atoms with Crippen LogP contribution in [-0.4, -0.2) is 77.1 Å². The molecule has 2 aromatic rings. The number of nitrogen functional groups attached to an aromatic ring is 1. The molecule has 7 atom stereocenters. The molecule has 5 rings (SSSR count). The predicted molar refractivity (Wildman–Crippen MR) is 191 cm³/mol. The van der Waals surface area contributed by atoms with Crippen LogP contribution in [0.4, 0.5) is 5.82 Å². The molecule has 7 N–H and O–H groups in total. The summed E-state index contributed by atoms with van der Waals surface area (Å²) in [6.45, 7) is 6.69. The van der Waals surface area contributed by atoms with Crippen molar-refractivity contribution in [1.82, 2.24) is 15.6 Å². The highest BCUT2D eigenvalue weighted by atomic mass is 16.7. The van der Waals surface area contributed by atoms with Gasteiger partial charge in [0, 0.05) is 49.4 Å². The maximum Gasteiger partial charge on any atom is 0.350 e. The van der Waals surface area contributed by atoms with Crippen LogP contribution in [0.25, 0.3) is 0 Å². The largest absolute Gasteiger partial charge is 0.459 e. The van der Waals surface area contributed by atoms with Gasteiger partial charge in [-0.2, -0.15) is 0 Å². The third-order valence-corrected chi connectivity index (χ3v) is 10.3. The van der Waals surface area contributed by atoms with Crippen LogP contribution in [0.2, 0.25) is 0 Å². The number of hydrogen-bond donors (Lipinski definition) is 5. The highest BCUT2D eigenvalue weighted by molar-refractivity contribution is 6.32. The number of fused-ring (bicyclic) bond motifs is 2. The predicted octanol–water partition coefficient (Wildman–Crippen LogP) is 3.82. The number of rotatable bonds is 15. The number of nitrogens with two attached hydrogens (primary N) is 2. The molecule has 1 fully saturated rings. The Balaban J connectivity index is 1.47. The molecule has 0 saturated carbocycles. The highest BCUT2D eigenvalue weighted by Gasteiger charge is 2.85. The molecule has 1 saturated heterocycles. The summed E-state index contributed by atoms with van der Waals surface area (Å²) >= 11 is 0. The van der Waals surface area contributed by atoms with E-state index >= 15 is 0 Å². The van der Waals surface area contributed by atoms with Crippen molar-refractivity contribution in [2.45, 2.75) is 88.7 Å². The Bertz CT molecular complexity index is 1670. The second-order valence-electron chi connectivity index (χ2n) is 13.4. The fourth-order valence-electron chi connectivity index (χ4n) is 7.44. The number of carbonyl (C=O) groups excluding carboxylic acids is 3. The minimum Gasteiger partial charge on any atom is -0.459 e. The summed E-state index contributed by atoms with van der Waals surface area (Å²) in [4.78, 5) is 51.1. The van der Waals surface area contributed by atoms with Gasteiger partial charge in [-0.1, -0.05) is 61.9 Å². The number of nitrogens with zero attached hydrogens (tertiary/aromatic N) is 2. The van der Waals surface area contributed by atoms with Gasteiger partial charge in [-0.05, 0) is 69.2 Å². The van der Waals surface area contributed by atoms with Crippen LogP contribution in [0, 0.1) is 11.8 Å². The zero-order chi connectivity index (χ0) is 36.1. The molecule has 12 heteroatoms. The molecule has 268 valence electrons. The van der Waals surface area contributed by atoms with Crippen molar-refractivity contribution in [3.05, 3.63) is 83.1 Å². The molecule has 1 aromatic carbocycles. The number of aliphatic imine (C=N–C) groups is 1. The van der Waals surface area contributed by atoms with E-state index in [1.165, 1.54) is 0 Å². The van der Waals surface area contributed by atoms with E-state index in [1.807, 2.05) is 26.0 Å². The quantitative estimate of drug-likeness (QED) is 0.0457. The molecule has 0 spiro atoms. The third-order valence-electron chi connectivity index (χ3n) is 10.3. The van der Waals surface area contributed by atoms with Crippen LogP contribution in [0.1, 0.15) is 91.6 Å². The third kappa shape index (κ3) is 7.10. The van der Waals surface area contributed by atoms with E-state index < -0.39 is 34.8 Å². The number of guanidine groups is 1. The first-order chi connectivity index (χ1) is 24.0. The van der Waals surface area contributed by atoms with Crippen molar-refractivity contribution in [3.63, 3.8) is 0 Å². The average Bonchev–Trinajstić information content (AvgIpc) is 3.83. The molecular weight excluding hydrogens is 636 g/mol. The molecule has 2 heterocycles. The molecule has 3 aliphatic rings. The van der Waals surface area contributed by atoms with Crippen LogP contribution in [-0.2, 0) is 14.3 Å². The van der Waals surface area contributed by atoms with Gasteiger partial charge in [0.15, 0.2) is 17.3 Å². The topological polar surface area (TPSA) is 195 Å². The lowest BCUT2D eigenvalue weighted by Crippen LogP contribution is -2.52. The number of anilines is 1. The Labute approximate surface area is 293 Å². The molecule has 12 nitrogen and oxygen atoms in total. The van der Waals surface area contributed by atoms with Gasteiger partial charge in [-0.3, -0.25) is 14.6 Å². The Morgan fingerprint density at radius 3 is 2.60 bits per heavy atom. The number of likely N-dealkylation sites (N-methyl/N-ethyl adjacent to an activating group) is 1. The maximum absolute atomic E-state index is 14.5. The zero-order valence-electron chi connectivity index (χ0n) is 29.4. The SMILES string of the molecule is CCNC1C=CC(CC)CC1C(CCCO)OC(=O)C12OC1(CC=C(C)CC(NC(N)=NC)c1ccnc(N)c1)C(=O)c1ccccc1C2=O. The van der Waals surface area contributed by atoms with Gasteiger partial charge in [0.1, 0.15) is 11.9 Å². The van der Waals surface area contributed by atoms with Crippen LogP contribution >= 0.6 is 0 Å². The van der Waals surface area contributed by atoms with Gasteiger partial charge in [0.25, 0.3) is 5.60 Å². The minimum absolute atomic E-state index is 0.0270. The number of hydrogen-bond acceptors (Lipinski definition) is 10. The number of esters is 1. The van der Waals surface area contributed by atoms with Crippen LogP contribution in [0.15, 0.2) is 71.4 Å². The van der Waals surface area contributed by atoms with E-state index in [1.54, 1.807) is 43.6 Å². The number of benzene rings is 1. The summed E-state index contributed by atoms with van der Waals surface area (Å²) in [5.74, 6) is -1.09. The van der Waals surface area contributed by atoms with Gasteiger partial charge >= 0.3 is 5.97 Å². The Morgan fingerprint density at radius 1 is 1.20 bits per heavy atom.